The molecular formula is C16H8Cl2FN3O5. The Morgan fingerprint density at radius 2 is 1.67 bits per heavy atom. The van der Waals surface area contributed by atoms with Gasteiger partial charge in [0.25, 0.3) is 11.8 Å². The molecule has 0 saturated carbocycles. The van der Waals surface area contributed by atoms with Gasteiger partial charge >= 0.3 is 5.69 Å². The minimum atomic E-state index is -1.06. The molecule has 0 radical (unpaired) electrons. The number of imide groups is 1. The molecule has 0 unspecified atom stereocenters. The average Bonchev–Trinajstić information content (AvgIpc) is 2.81. The van der Waals surface area contributed by atoms with Crippen molar-refractivity contribution in [2.45, 2.75) is 0 Å². The average molecular weight is 412 g/mol. The number of carbonyl (C=O) groups is 3. The van der Waals surface area contributed by atoms with Gasteiger partial charge in [-0.1, -0.05) is 23.2 Å². The number of hydrogen-bond acceptors (Lipinski definition) is 5. The molecule has 2 aromatic carbocycles. The van der Waals surface area contributed by atoms with Crippen molar-refractivity contribution in [1.29, 1.82) is 0 Å². The van der Waals surface area contributed by atoms with Crippen LogP contribution in [0.15, 0.2) is 30.3 Å². The Balaban J connectivity index is 1.77. The van der Waals surface area contributed by atoms with E-state index in [1.54, 1.807) is 0 Å². The molecule has 0 aromatic heterocycles. The smallest absolute Gasteiger partial charge is 0.306 e. The maximum Gasteiger partial charge on any atom is 0.306 e. The van der Waals surface area contributed by atoms with E-state index in [2.05, 4.69) is 5.32 Å². The fraction of sp³-hybridized carbons (Fsp3) is 0.0625. The summed E-state index contributed by atoms with van der Waals surface area (Å²) in [7, 11) is 0. The lowest BCUT2D eigenvalue weighted by Crippen LogP contribution is -2.37. The fourth-order valence-electron chi connectivity index (χ4n) is 2.50. The molecule has 3 amide bonds. The molecule has 0 atom stereocenters. The van der Waals surface area contributed by atoms with Crippen LogP contribution in [0.1, 0.15) is 20.7 Å². The first kappa shape index (κ1) is 18.7. The van der Waals surface area contributed by atoms with E-state index in [1.807, 2.05) is 0 Å². The van der Waals surface area contributed by atoms with E-state index in [-0.39, 0.29) is 26.9 Å². The Morgan fingerprint density at radius 3 is 2.19 bits per heavy atom. The monoisotopic (exact) mass is 411 g/mol. The quantitative estimate of drug-likeness (QED) is 0.471. The molecular weight excluding hydrogens is 404 g/mol. The zero-order chi connectivity index (χ0) is 19.9. The minimum absolute atomic E-state index is 0.0135. The van der Waals surface area contributed by atoms with E-state index in [0.717, 1.165) is 18.2 Å². The van der Waals surface area contributed by atoms with Crippen LogP contribution in [0.4, 0.5) is 15.8 Å². The number of anilines is 1. The summed E-state index contributed by atoms with van der Waals surface area (Å²) < 4.78 is 13.3. The molecule has 0 spiro atoms. The molecule has 0 bridgehead atoms. The van der Waals surface area contributed by atoms with Crippen molar-refractivity contribution in [1.82, 2.24) is 4.90 Å². The van der Waals surface area contributed by atoms with Gasteiger partial charge < -0.3 is 5.32 Å². The van der Waals surface area contributed by atoms with Crippen molar-refractivity contribution in [3.8, 4) is 0 Å². The zero-order valence-corrected chi connectivity index (χ0v) is 14.7. The number of hydrogen-bond donors (Lipinski definition) is 1. The van der Waals surface area contributed by atoms with E-state index >= 15 is 0 Å². The number of halogens is 3. The summed E-state index contributed by atoms with van der Waals surface area (Å²) in [5.41, 5.74) is -0.854. The third kappa shape index (κ3) is 3.46. The Kier molecular flexibility index (Phi) is 4.81. The van der Waals surface area contributed by atoms with E-state index in [0.29, 0.717) is 4.90 Å². The van der Waals surface area contributed by atoms with Crippen LogP contribution in [-0.4, -0.2) is 34.1 Å². The molecule has 1 aliphatic rings. The molecule has 1 aliphatic heterocycles. The Labute approximate surface area is 160 Å². The summed E-state index contributed by atoms with van der Waals surface area (Å²) in [6.45, 7) is -0.646. The lowest BCUT2D eigenvalue weighted by molar-refractivity contribution is -0.387. The summed E-state index contributed by atoms with van der Waals surface area (Å²) in [5, 5.41) is 13.2. The maximum atomic E-state index is 13.3. The maximum absolute atomic E-state index is 13.3. The molecule has 138 valence electrons. The SMILES string of the molecule is O=C(CN1C(=O)c2cc(Cl)c(Cl)cc2C1=O)Nc1ccc(F)c([N+](=O)[O-])c1. The van der Waals surface area contributed by atoms with Crippen molar-refractivity contribution in [2.75, 3.05) is 11.9 Å². The third-order valence-corrected chi connectivity index (χ3v) is 4.46. The number of nitrogens with zero attached hydrogens (tertiary/aromatic N) is 2. The number of carbonyl (C=O) groups excluding carboxylic acids is 3. The van der Waals surface area contributed by atoms with Crippen LogP contribution in [0.25, 0.3) is 0 Å². The number of nitro benzene ring substituents is 1. The lowest BCUT2D eigenvalue weighted by atomic mass is 10.1. The van der Waals surface area contributed by atoms with Gasteiger partial charge in [-0.2, -0.15) is 4.39 Å². The molecule has 8 nitrogen and oxygen atoms in total. The predicted molar refractivity (Wildman–Crippen MR) is 93.5 cm³/mol. The second-order valence-corrected chi connectivity index (χ2v) is 6.29. The normalized spacial score (nSPS) is 12.9. The van der Waals surface area contributed by atoms with Gasteiger partial charge in [0.1, 0.15) is 6.54 Å². The molecule has 11 heteroatoms. The molecule has 2 aromatic rings. The van der Waals surface area contributed by atoms with E-state index in [9.17, 15) is 28.9 Å². The highest BCUT2D eigenvalue weighted by Gasteiger charge is 2.37. The van der Waals surface area contributed by atoms with Crippen LogP contribution in [-0.2, 0) is 4.79 Å². The van der Waals surface area contributed by atoms with Gasteiger partial charge in [0.15, 0.2) is 0 Å². The molecule has 0 aliphatic carbocycles. The summed E-state index contributed by atoms with van der Waals surface area (Å²) in [4.78, 5) is 47.3. The van der Waals surface area contributed by atoms with Gasteiger partial charge in [0.05, 0.1) is 26.1 Å². The second-order valence-electron chi connectivity index (χ2n) is 5.48. The van der Waals surface area contributed by atoms with Crippen LogP contribution in [0.2, 0.25) is 10.0 Å². The standard InChI is InChI=1S/C16H8Cl2FN3O5/c17-10-4-8-9(5-11(10)18)16(25)21(15(8)24)6-14(23)20-7-1-2-12(19)13(3-7)22(26)27/h1-5H,6H2,(H,20,23). The van der Waals surface area contributed by atoms with Gasteiger partial charge in [-0.05, 0) is 24.3 Å². The number of nitro groups is 1. The van der Waals surface area contributed by atoms with Gasteiger partial charge in [-0.3, -0.25) is 29.4 Å². The van der Waals surface area contributed by atoms with Crippen LogP contribution in [0.3, 0.4) is 0 Å². The van der Waals surface area contributed by atoms with Crippen LogP contribution in [0.5, 0.6) is 0 Å². The first-order valence-electron chi connectivity index (χ1n) is 7.28. The predicted octanol–water partition coefficient (Wildman–Crippen LogP) is 3.28. The molecule has 0 fully saturated rings. The van der Waals surface area contributed by atoms with Crippen molar-refractivity contribution >= 4 is 52.3 Å². The molecule has 1 heterocycles. The molecule has 1 N–H and O–H groups in total. The summed E-state index contributed by atoms with van der Waals surface area (Å²) in [6.07, 6.45) is 0. The third-order valence-electron chi connectivity index (χ3n) is 3.74. The summed E-state index contributed by atoms with van der Waals surface area (Å²) in [6, 6.07) is 5.23. The number of amides is 3. The zero-order valence-electron chi connectivity index (χ0n) is 13.2. The first-order chi connectivity index (χ1) is 12.7. The highest BCUT2D eigenvalue weighted by molar-refractivity contribution is 6.43. The Hall–Kier alpha value is -3.04. The number of fused-ring (bicyclic) bond motifs is 1. The van der Waals surface area contributed by atoms with Gasteiger partial charge in [-0.15, -0.1) is 0 Å². The van der Waals surface area contributed by atoms with Crippen molar-refractivity contribution in [3.63, 3.8) is 0 Å². The van der Waals surface area contributed by atoms with Gasteiger partial charge in [0.2, 0.25) is 11.7 Å². The number of nitrogens with one attached hydrogen (secondary N) is 1. The summed E-state index contributed by atoms with van der Waals surface area (Å²) in [5.74, 6) is -3.32. The number of rotatable bonds is 4. The largest absolute Gasteiger partial charge is 0.324 e. The minimum Gasteiger partial charge on any atom is -0.324 e. The van der Waals surface area contributed by atoms with Crippen molar-refractivity contribution in [3.05, 3.63) is 67.4 Å². The van der Waals surface area contributed by atoms with Crippen LogP contribution < -0.4 is 5.32 Å². The van der Waals surface area contributed by atoms with Gasteiger partial charge in [-0.25, -0.2) is 0 Å². The topological polar surface area (TPSA) is 110 Å². The van der Waals surface area contributed by atoms with Crippen molar-refractivity contribution in [2.24, 2.45) is 0 Å². The lowest BCUT2D eigenvalue weighted by Gasteiger charge is -2.13. The highest BCUT2D eigenvalue weighted by atomic mass is 35.5. The van der Waals surface area contributed by atoms with E-state index in [4.69, 9.17) is 23.2 Å². The fourth-order valence-corrected chi connectivity index (χ4v) is 2.83. The van der Waals surface area contributed by atoms with Crippen LogP contribution in [0, 0.1) is 15.9 Å². The second kappa shape index (κ2) is 6.93. The van der Waals surface area contributed by atoms with Gasteiger partial charge in [0, 0.05) is 11.8 Å². The Morgan fingerprint density at radius 1 is 1.11 bits per heavy atom. The van der Waals surface area contributed by atoms with Crippen molar-refractivity contribution < 1.29 is 23.7 Å². The van der Waals surface area contributed by atoms with Crippen LogP contribution >= 0.6 is 23.2 Å². The molecule has 3 rings (SSSR count). The molecule has 0 saturated heterocycles. The summed E-state index contributed by atoms with van der Waals surface area (Å²) >= 11 is 11.7. The van der Waals surface area contributed by atoms with E-state index in [1.165, 1.54) is 12.1 Å². The highest BCUT2D eigenvalue weighted by Crippen LogP contribution is 2.31. The number of benzene rings is 2. The first-order valence-corrected chi connectivity index (χ1v) is 8.03. The molecule has 27 heavy (non-hydrogen) atoms. The van der Waals surface area contributed by atoms with E-state index < -0.39 is 40.7 Å². The Bertz CT molecular complexity index is 986.